The molecule has 2 aromatic rings. The molecule has 0 fully saturated rings. The van der Waals surface area contributed by atoms with Crippen LogP contribution >= 0.6 is 0 Å². The van der Waals surface area contributed by atoms with Crippen molar-refractivity contribution in [2.45, 2.75) is 0 Å². The third-order valence-electron chi connectivity index (χ3n) is 2.70. The van der Waals surface area contributed by atoms with Crippen LogP contribution in [0.4, 0.5) is 0 Å². The quantitative estimate of drug-likeness (QED) is 0.657. The van der Waals surface area contributed by atoms with Gasteiger partial charge in [0.1, 0.15) is 0 Å². The van der Waals surface area contributed by atoms with Crippen LogP contribution < -0.4 is 5.32 Å². The molecule has 0 aliphatic rings. The molecular weight excluding hydrogens is 226 g/mol. The summed E-state index contributed by atoms with van der Waals surface area (Å²) < 4.78 is 0. The highest BCUT2D eigenvalue weighted by atomic mass is 16.2. The van der Waals surface area contributed by atoms with Gasteiger partial charge in [0.2, 0.25) is 5.91 Å². The number of carbonyl (C=O) groups excluding carboxylic acids is 2. The third-order valence-corrected chi connectivity index (χ3v) is 2.70. The van der Waals surface area contributed by atoms with Crippen molar-refractivity contribution in [2.24, 2.45) is 0 Å². The lowest BCUT2D eigenvalue weighted by molar-refractivity contribution is -0.116. The molecule has 18 heavy (non-hydrogen) atoms. The molecule has 0 saturated carbocycles. The number of benzene rings is 2. The van der Waals surface area contributed by atoms with Gasteiger partial charge in [-0.15, -0.1) is 0 Å². The van der Waals surface area contributed by atoms with E-state index in [4.69, 9.17) is 0 Å². The molecule has 90 valence electrons. The van der Waals surface area contributed by atoms with Crippen molar-refractivity contribution in [3.63, 3.8) is 0 Å². The van der Waals surface area contributed by atoms with Crippen LogP contribution in [0.2, 0.25) is 0 Å². The van der Waals surface area contributed by atoms with Crippen molar-refractivity contribution >= 4 is 22.5 Å². The molecule has 0 bridgehead atoms. The first-order valence-corrected chi connectivity index (χ1v) is 5.63. The van der Waals surface area contributed by atoms with Gasteiger partial charge in [-0.1, -0.05) is 49.0 Å². The van der Waals surface area contributed by atoms with Crippen molar-refractivity contribution in [3.05, 3.63) is 60.7 Å². The van der Waals surface area contributed by atoms with Crippen molar-refractivity contribution in [1.82, 2.24) is 5.32 Å². The summed E-state index contributed by atoms with van der Waals surface area (Å²) in [5.74, 6) is -0.453. The fourth-order valence-electron chi connectivity index (χ4n) is 1.80. The van der Waals surface area contributed by atoms with E-state index in [0.717, 1.165) is 16.8 Å². The van der Waals surface area contributed by atoms with E-state index >= 15 is 0 Å². The summed E-state index contributed by atoms with van der Waals surface area (Å²) in [6.07, 6.45) is 1.15. The van der Waals surface area contributed by atoms with Gasteiger partial charge in [0.15, 0.2) is 5.78 Å². The fraction of sp³-hybridized carbons (Fsp3) is 0.0667. The lowest BCUT2D eigenvalue weighted by atomic mass is 10.0. The van der Waals surface area contributed by atoms with Crippen LogP contribution in [-0.4, -0.2) is 18.2 Å². The third kappa shape index (κ3) is 2.46. The van der Waals surface area contributed by atoms with Gasteiger partial charge in [0.25, 0.3) is 0 Å². The molecule has 2 rings (SSSR count). The van der Waals surface area contributed by atoms with E-state index in [9.17, 15) is 9.59 Å². The van der Waals surface area contributed by atoms with Crippen LogP contribution in [0.15, 0.2) is 55.1 Å². The van der Waals surface area contributed by atoms with E-state index in [1.807, 2.05) is 36.4 Å². The average molecular weight is 239 g/mol. The molecule has 1 N–H and O–H groups in total. The monoisotopic (exact) mass is 239 g/mol. The second kappa shape index (κ2) is 5.27. The Morgan fingerprint density at radius 2 is 1.83 bits per heavy atom. The first-order chi connectivity index (χ1) is 8.72. The van der Waals surface area contributed by atoms with E-state index in [0.29, 0.717) is 5.56 Å². The molecule has 0 radical (unpaired) electrons. The summed E-state index contributed by atoms with van der Waals surface area (Å²) in [6, 6.07) is 13.2. The number of Topliss-reactive ketones (excluding diaryl/α,β-unsaturated/α-hetero) is 1. The van der Waals surface area contributed by atoms with E-state index in [1.165, 1.54) is 0 Å². The molecule has 3 nitrogen and oxygen atoms in total. The molecule has 3 heteroatoms. The van der Waals surface area contributed by atoms with Gasteiger partial charge in [-0.05, 0) is 16.8 Å². The summed E-state index contributed by atoms with van der Waals surface area (Å²) in [6.45, 7) is 3.32. The van der Waals surface area contributed by atoms with Crippen LogP contribution in [0.25, 0.3) is 10.8 Å². The van der Waals surface area contributed by atoms with Crippen LogP contribution in [-0.2, 0) is 4.79 Å². The molecule has 0 aromatic heterocycles. The number of nitrogens with one attached hydrogen (secondary N) is 1. The maximum Gasteiger partial charge on any atom is 0.243 e. The number of amides is 1. The predicted molar refractivity (Wildman–Crippen MR) is 71.5 cm³/mol. The SMILES string of the molecule is C=CC(=O)NCC(=O)c1cccc2ccccc12. The zero-order valence-corrected chi connectivity index (χ0v) is 9.85. The van der Waals surface area contributed by atoms with Gasteiger partial charge in [-0.25, -0.2) is 0 Å². The zero-order chi connectivity index (χ0) is 13.0. The number of rotatable bonds is 4. The van der Waals surface area contributed by atoms with Crippen LogP contribution in [0.5, 0.6) is 0 Å². The number of ketones is 1. The molecule has 1 amide bonds. The van der Waals surface area contributed by atoms with Crippen molar-refractivity contribution in [2.75, 3.05) is 6.54 Å². The van der Waals surface area contributed by atoms with Gasteiger partial charge >= 0.3 is 0 Å². The van der Waals surface area contributed by atoms with Gasteiger partial charge in [-0.3, -0.25) is 9.59 Å². The fourth-order valence-corrected chi connectivity index (χ4v) is 1.80. The van der Waals surface area contributed by atoms with Crippen molar-refractivity contribution < 1.29 is 9.59 Å². The minimum atomic E-state index is -0.344. The van der Waals surface area contributed by atoms with Crippen LogP contribution in [0.1, 0.15) is 10.4 Å². The molecule has 0 spiro atoms. The van der Waals surface area contributed by atoms with Crippen molar-refractivity contribution in [3.8, 4) is 0 Å². The topological polar surface area (TPSA) is 46.2 Å². The normalized spacial score (nSPS) is 10.0. The molecule has 0 unspecified atom stereocenters. The lowest BCUT2D eigenvalue weighted by Crippen LogP contribution is -2.27. The summed E-state index contributed by atoms with van der Waals surface area (Å²) in [4.78, 5) is 23.1. The standard InChI is InChI=1S/C15H13NO2/c1-2-15(18)16-10-14(17)13-9-5-7-11-6-3-4-8-12(11)13/h2-9H,1,10H2,(H,16,18). The van der Waals surface area contributed by atoms with Gasteiger partial charge in [0, 0.05) is 5.56 Å². The Bertz CT molecular complexity index is 611. The summed E-state index contributed by atoms with van der Waals surface area (Å²) in [5.41, 5.74) is 0.623. The van der Waals surface area contributed by atoms with Gasteiger partial charge in [-0.2, -0.15) is 0 Å². The van der Waals surface area contributed by atoms with E-state index in [-0.39, 0.29) is 18.2 Å². The Hall–Kier alpha value is -2.42. The average Bonchev–Trinajstić information content (AvgIpc) is 2.43. The molecule has 0 atom stereocenters. The number of hydrogen-bond donors (Lipinski definition) is 1. The summed E-state index contributed by atoms with van der Waals surface area (Å²) >= 11 is 0. The maximum absolute atomic E-state index is 12.0. The van der Waals surface area contributed by atoms with Gasteiger partial charge < -0.3 is 5.32 Å². The second-order valence-electron chi connectivity index (χ2n) is 3.87. The van der Waals surface area contributed by atoms with Crippen molar-refractivity contribution in [1.29, 1.82) is 0 Å². The van der Waals surface area contributed by atoms with E-state index < -0.39 is 0 Å². The molecule has 2 aromatic carbocycles. The minimum absolute atomic E-state index is 0.0150. The Balaban J connectivity index is 2.28. The molecule has 0 aliphatic carbocycles. The zero-order valence-electron chi connectivity index (χ0n) is 9.85. The minimum Gasteiger partial charge on any atom is -0.345 e. The predicted octanol–water partition coefficient (Wildman–Crippen LogP) is 2.32. The Kier molecular flexibility index (Phi) is 3.53. The Labute approximate surface area is 105 Å². The molecule has 0 saturated heterocycles. The maximum atomic E-state index is 12.0. The smallest absolute Gasteiger partial charge is 0.243 e. The summed E-state index contributed by atoms with van der Waals surface area (Å²) in [5, 5.41) is 4.40. The molecule has 0 aliphatic heterocycles. The summed E-state index contributed by atoms with van der Waals surface area (Å²) in [7, 11) is 0. The first-order valence-electron chi connectivity index (χ1n) is 5.63. The second-order valence-corrected chi connectivity index (χ2v) is 3.87. The Morgan fingerprint density at radius 3 is 2.61 bits per heavy atom. The Morgan fingerprint density at radius 1 is 1.11 bits per heavy atom. The molecular formula is C15H13NO2. The lowest BCUT2D eigenvalue weighted by Gasteiger charge is -2.06. The van der Waals surface area contributed by atoms with Crippen LogP contribution in [0, 0.1) is 0 Å². The van der Waals surface area contributed by atoms with Crippen LogP contribution in [0.3, 0.4) is 0 Å². The number of hydrogen-bond acceptors (Lipinski definition) is 2. The first kappa shape index (κ1) is 12.0. The highest BCUT2D eigenvalue weighted by Gasteiger charge is 2.09. The molecule has 0 heterocycles. The van der Waals surface area contributed by atoms with E-state index in [2.05, 4.69) is 11.9 Å². The highest BCUT2D eigenvalue weighted by Crippen LogP contribution is 2.18. The number of carbonyl (C=O) groups is 2. The highest BCUT2D eigenvalue weighted by molar-refractivity contribution is 6.10. The van der Waals surface area contributed by atoms with Gasteiger partial charge in [0.05, 0.1) is 6.54 Å². The number of fused-ring (bicyclic) bond motifs is 1. The van der Waals surface area contributed by atoms with E-state index in [1.54, 1.807) is 6.07 Å². The largest absolute Gasteiger partial charge is 0.345 e.